The summed E-state index contributed by atoms with van der Waals surface area (Å²) in [4.78, 5) is 16.1. The summed E-state index contributed by atoms with van der Waals surface area (Å²) >= 11 is 0. The molecule has 0 aromatic heterocycles. The van der Waals surface area contributed by atoms with Gasteiger partial charge in [-0.25, -0.2) is 0 Å². The summed E-state index contributed by atoms with van der Waals surface area (Å²) in [6.07, 6.45) is 0.581. The normalized spacial score (nSPS) is 19.1. The van der Waals surface area contributed by atoms with Gasteiger partial charge in [-0.05, 0) is 25.8 Å². The van der Waals surface area contributed by atoms with E-state index in [4.69, 9.17) is 0 Å². The van der Waals surface area contributed by atoms with Crippen LogP contribution in [-0.2, 0) is 11.2 Å². The molecular weight excluding hydrogens is 252 g/mol. The second kappa shape index (κ2) is 6.86. The number of aliphatic carboxylic acids is 1. The summed E-state index contributed by atoms with van der Waals surface area (Å²) in [5.41, 5.74) is 1.09. The lowest BCUT2D eigenvalue weighted by molar-refractivity contribution is -0.144. The highest BCUT2D eigenvalue weighted by Crippen LogP contribution is 2.13. The van der Waals surface area contributed by atoms with Gasteiger partial charge in [-0.15, -0.1) is 0 Å². The van der Waals surface area contributed by atoms with E-state index in [0.717, 1.165) is 31.7 Å². The predicted molar refractivity (Wildman–Crippen MR) is 79.9 cm³/mol. The molecule has 1 aliphatic rings. The van der Waals surface area contributed by atoms with Gasteiger partial charge in [0, 0.05) is 32.2 Å². The summed E-state index contributed by atoms with van der Waals surface area (Å²) in [6, 6.07) is 10.0. The van der Waals surface area contributed by atoms with Crippen molar-refractivity contribution in [3.8, 4) is 0 Å². The molecule has 4 heteroatoms. The van der Waals surface area contributed by atoms with Crippen molar-refractivity contribution in [2.75, 3.05) is 26.2 Å². The first-order valence-electron chi connectivity index (χ1n) is 7.32. The van der Waals surface area contributed by atoms with Gasteiger partial charge in [-0.3, -0.25) is 14.6 Å². The second-order valence-electron chi connectivity index (χ2n) is 5.71. The third-order valence-corrected chi connectivity index (χ3v) is 4.08. The summed E-state index contributed by atoms with van der Waals surface area (Å²) in [6.45, 7) is 7.96. The van der Waals surface area contributed by atoms with Crippen LogP contribution >= 0.6 is 0 Å². The Balaban J connectivity index is 1.98. The maximum Gasteiger partial charge on any atom is 0.321 e. The third-order valence-electron chi connectivity index (χ3n) is 4.08. The Labute approximate surface area is 121 Å². The van der Waals surface area contributed by atoms with Crippen molar-refractivity contribution in [1.29, 1.82) is 0 Å². The molecule has 2 rings (SSSR count). The lowest BCUT2D eigenvalue weighted by Crippen LogP contribution is -2.54. The molecule has 1 aromatic carbocycles. The third kappa shape index (κ3) is 3.81. The van der Waals surface area contributed by atoms with E-state index in [9.17, 15) is 9.90 Å². The number of hydrogen-bond donors (Lipinski definition) is 1. The number of nitrogens with zero attached hydrogens (tertiary/aromatic N) is 2. The fourth-order valence-corrected chi connectivity index (χ4v) is 2.78. The summed E-state index contributed by atoms with van der Waals surface area (Å²) in [7, 11) is 0. The molecular formula is C16H24N2O2. The highest BCUT2D eigenvalue weighted by Gasteiger charge is 2.29. The van der Waals surface area contributed by atoms with E-state index in [1.54, 1.807) is 0 Å². The van der Waals surface area contributed by atoms with Crippen LogP contribution in [0.15, 0.2) is 30.3 Å². The number of hydrogen-bond acceptors (Lipinski definition) is 3. The quantitative estimate of drug-likeness (QED) is 0.889. The van der Waals surface area contributed by atoms with Crippen molar-refractivity contribution < 1.29 is 9.90 Å². The zero-order valence-electron chi connectivity index (χ0n) is 12.3. The van der Waals surface area contributed by atoms with Crippen LogP contribution in [0.4, 0.5) is 0 Å². The standard InChI is InChI=1S/C16H24N2O2/c1-13(2)17-8-10-18(11-9-17)15(16(19)20)12-14-6-4-3-5-7-14/h3-7,13,15H,8-12H2,1-2H3,(H,19,20). The van der Waals surface area contributed by atoms with Crippen LogP contribution in [-0.4, -0.2) is 59.1 Å². The van der Waals surface area contributed by atoms with E-state index in [2.05, 4.69) is 23.6 Å². The molecule has 1 saturated heterocycles. The molecule has 1 aromatic rings. The van der Waals surface area contributed by atoms with Crippen LogP contribution in [0.3, 0.4) is 0 Å². The van der Waals surface area contributed by atoms with Crippen molar-refractivity contribution in [3.63, 3.8) is 0 Å². The maximum atomic E-state index is 11.6. The molecule has 0 bridgehead atoms. The Morgan fingerprint density at radius 1 is 1.10 bits per heavy atom. The second-order valence-corrected chi connectivity index (χ2v) is 5.71. The topological polar surface area (TPSA) is 43.8 Å². The molecule has 1 fully saturated rings. The van der Waals surface area contributed by atoms with Gasteiger partial charge in [-0.2, -0.15) is 0 Å². The molecule has 20 heavy (non-hydrogen) atoms. The zero-order valence-corrected chi connectivity index (χ0v) is 12.3. The Morgan fingerprint density at radius 2 is 1.65 bits per heavy atom. The predicted octanol–water partition coefficient (Wildman–Crippen LogP) is 1.71. The average Bonchev–Trinajstić information content (AvgIpc) is 2.45. The highest BCUT2D eigenvalue weighted by atomic mass is 16.4. The fraction of sp³-hybridized carbons (Fsp3) is 0.562. The van der Waals surface area contributed by atoms with Crippen LogP contribution in [0.1, 0.15) is 19.4 Å². The fourth-order valence-electron chi connectivity index (χ4n) is 2.78. The van der Waals surface area contributed by atoms with Gasteiger partial charge < -0.3 is 5.11 Å². The van der Waals surface area contributed by atoms with Crippen LogP contribution < -0.4 is 0 Å². The van der Waals surface area contributed by atoms with Crippen molar-refractivity contribution in [2.45, 2.75) is 32.4 Å². The maximum absolute atomic E-state index is 11.6. The van der Waals surface area contributed by atoms with Crippen LogP contribution in [0.5, 0.6) is 0 Å². The number of piperazine rings is 1. The molecule has 110 valence electrons. The molecule has 1 unspecified atom stereocenters. The summed E-state index contributed by atoms with van der Waals surface area (Å²) in [5.74, 6) is -0.716. The first-order valence-corrected chi connectivity index (χ1v) is 7.32. The van der Waals surface area contributed by atoms with Gasteiger partial charge in [0.2, 0.25) is 0 Å². The molecule has 0 aliphatic carbocycles. The van der Waals surface area contributed by atoms with Gasteiger partial charge in [0.05, 0.1) is 0 Å². The minimum Gasteiger partial charge on any atom is -0.480 e. The number of carboxylic acids is 1. The Bertz CT molecular complexity index is 425. The van der Waals surface area contributed by atoms with Gasteiger partial charge >= 0.3 is 5.97 Å². The van der Waals surface area contributed by atoms with E-state index >= 15 is 0 Å². The lowest BCUT2D eigenvalue weighted by atomic mass is 10.0. The molecule has 1 heterocycles. The smallest absolute Gasteiger partial charge is 0.321 e. The number of carboxylic acid groups (broad SMARTS) is 1. The highest BCUT2D eigenvalue weighted by molar-refractivity contribution is 5.74. The molecule has 0 spiro atoms. The van der Waals surface area contributed by atoms with E-state index in [-0.39, 0.29) is 0 Å². The Kier molecular flexibility index (Phi) is 5.15. The number of rotatable bonds is 5. The Hall–Kier alpha value is -1.39. The van der Waals surface area contributed by atoms with Crippen molar-refractivity contribution in [1.82, 2.24) is 9.80 Å². The van der Waals surface area contributed by atoms with Gasteiger partial charge in [0.1, 0.15) is 6.04 Å². The largest absolute Gasteiger partial charge is 0.480 e. The van der Waals surface area contributed by atoms with Gasteiger partial charge in [0.25, 0.3) is 0 Å². The molecule has 1 N–H and O–H groups in total. The van der Waals surface area contributed by atoms with Crippen molar-refractivity contribution in [2.24, 2.45) is 0 Å². The molecule has 4 nitrogen and oxygen atoms in total. The number of carbonyl (C=O) groups is 1. The summed E-state index contributed by atoms with van der Waals surface area (Å²) < 4.78 is 0. The first kappa shape index (κ1) is 15.0. The zero-order chi connectivity index (χ0) is 14.5. The van der Waals surface area contributed by atoms with E-state index < -0.39 is 12.0 Å². The molecule has 0 amide bonds. The molecule has 0 saturated carbocycles. The van der Waals surface area contributed by atoms with Crippen molar-refractivity contribution in [3.05, 3.63) is 35.9 Å². The average molecular weight is 276 g/mol. The first-order chi connectivity index (χ1) is 9.58. The van der Waals surface area contributed by atoms with Crippen molar-refractivity contribution >= 4 is 5.97 Å². The molecule has 0 radical (unpaired) electrons. The van der Waals surface area contributed by atoms with Crippen LogP contribution in [0.25, 0.3) is 0 Å². The van der Waals surface area contributed by atoms with E-state index in [0.29, 0.717) is 12.5 Å². The molecule has 1 aliphatic heterocycles. The monoisotopic (exact) mass is 276 g/mol. The summed E-state index contributed by atoms with van der Waals surface area (Å²) in [5, 5.41) is 9.51. The van der Waals surface area contributed by atoms with Crippen LogP contribution in [0.2, 0.25) is 0 Å². The molecule has 1 atom stereocenters. The number of benzene rings is 1. The van der Waals surface area contributed by atoms with Gasteiger partial charge in [-0.1, -0.05) is 30.3 Å². The van der Waals surface area contributed by atoms with Crippen LogP contribution in [0, 0.1) is 0 Å². The SMILES string of the molecule is CC(C)N1CCN(C(Cc2ccccc2)C(=O)O)CC1. The minimum absolute atomic E-state index is 0.410. The van der Waals surface area contributed by atoms with Gasteiger partial charge in [0.15, 0.2) is 0 Å². The lowest BCUT2D eigenvalue weighted by Gasteiger charge is -2.39. The van der Waals surface area contributed by atoms with E-state index in [1.807, 2.05) is 30.3 Å². The minimum atomic E-state index is -0.716. The van der Waals surface area contributed by atoms with E-state index in [1.165, 1.54) is 0 Å². The Morgan fingerprint density at radius 3 is 2.15 bits per heavy atom.